The van der Waals surface area contributed by atoms with E-state index in [0.29, 0.717) is 19.4 Å². The van der Waals surface area contributed by atoms with E-state index < -0.39 is 18.5 Å². The number of carbonyl (C=O) groups is 1. The molecule has 27 heavy (non-hydrogen) atoms. The third-order valence-corrected chi connectivity index (χ3v) is 5.24. The Morgan fingerprint density at radius 1 is 1.22 bits per heavy atom. The number of ether oxygens (including phenoxy) is 2. The molecular formula is C16H37N5O6. The second-order valence-electron chi connectivity index (χ2n) is 7.03. The van der Waals surface area contributed by atoms with E-state index in [2.05, 4.69) is 5.32 Å². The van der Waals surface area contributed by atoms with Crippen molar-refractivity contribution in [3.63, 3.8) is 0 Å². The first-order valence-corrected chi connectivity index (χ1v) is 8.99. The zero-order valence-electron chi connectivity index (χ0n) is 16.1. The predicted molar refractivity (Wildman–Crippen MR) is 101 cm³/mol. The molecule has 7 atom stereocenters. The summed E-state index contributed by atoms with van der Waals surface area (Å²) in [5, 5.41) is 13.8. The van der Waals surface area contributed by atoms with Crippen LogP contribution < -0.4 is 22.5 Å². The van der Waals surface area contributed by atoms with Crippen molar-refractivity contribution < 1.29 is 30.3 Å². The summed E-state index contributed by atoms with van der Waals surface area (Å²) in [5.41, 5.74) is 17.7. The first-order valence-electron chi connectivity index (χ1n) is 8.99. The minimum atomic E-state index is -0.912. The lowest BCUT2D eigenvalue weighted by Gasteiger charge is -2.45. The summed E-state index contributed by atoms with van der Waals surface area (Å²) in [6.45, 7) is 0.613. The Balaban J connectivity index is 0.00000338. The summed E-state index contributed by atoms with van der Waals surface area (Å²) in [5.74, 6) is -0.224. The summed E-state index contributed by atoms with van der Waals surface area (Å²) in [7, 11) is 3.51. The molecule has 0 radical (unpaired) electrons. The Kier molecular flexibility index (Phi) is 11.5. The second-order valence-corrected chi connectivity index (χ2v) is 7.03. The van der Waals surface area contributed by atoms with Gasteiger partial charge < -0.3 is 53.0 Å². The molecule has 1 aliphatic carbocycles. The normalized spacial score (nSPS) is 36.3. The molecule has 2 aliphatic rings. The number of amides is 1. The molecule has 1 aliphatic heterocycles. The number of hydrogen-bond donors (Lipinski definition) is 5. The Hall–Kier alpha value is -0.890. The average Bonchev–Trinajstić information content (AvgIpc) is 2.60. The van der Waals surface area contributed by atoms with Gasteiger partial charge in [-0.15, -0.1) is 0 Å². The Bertz CT molecular complexity index is 446. The number of nitrogens with one attached hydrogen (secondary N) is 1. The maximum absolute atomic E-state index is 11.9. The highest BCUT2D eigenvalue weighted by Crippen LogP contribution is 2.28. The molecule has 0 aromatic carbocycles. The maximum Gasteiger partial charge on any atom is 0.236 e. The highest BCUT2D eigenvalue weighted by Gasteiger charge is 2.43. The van der Waals surface area contributed by atoms with Crippen LogP contribution in [0.15, 0.2) is 0 Å². The number of aliphatic hydroxyl groups excluding tert-OH is 1. The molecule has 1 saturated carbocycles. The van der Waals surface area contributed by atoms with Crippen molar-refractivity contribution in [1.29, 1.82) is 0 Å². The van der Waals surface area contributed by atoms with Gasteiger partial charge in [-0.2, -0.15) is 0 Å². The van der Waals surface area contributed by atoms with E-state index in [-0.39, 0.29) is 47.6 Å². The summed E-state index contributed by atoms with van der Waals surface area (Å²) in [6, 6.07) is -0.988. The molecule has 0 bridgehead atoms. The van der Waals surface area contributed by atoms with Crippen LogP contribution in [-0.2, 0) is 14.3 Å². The number of nitrogens with zero attached hydrogens (tertiary/aromatic N) is 1. The standard InChI is InChI=1S/C16H33N5O4.2H2O/c1-20-8-9-3-4-11(19)16(24-9)25-15-10(18)5-6-12(14(15)23)21(2)13(22)7-17;;/h9-12,14-16,20,23H,3-8,17-19H2,1-2H3;2*1H2/t9-,10+,11+,12+,14+,15+,16+;;/m0../s1. The maximum atomic E-state index is 11.9. The molecule has 12 N–H and O–H groups in total. The molecule has 162 valence electrons. The summed E-state index contributed by atoms with van der Waals surface area (Å²) < 4.78 is 11.9. The van der Waals surface area contributed by atoms with Gasteiger partial charge in [0.1, 0.15) is 12.2 Å². The number of hydrogen-bond acceptors (Lipinski definition) is 8. The van der Waals surface area contributed by atoms with Crippen LogP contribution in [0, 0.1) is 0 Å². The quantitative estimate of drug-likeness (QED) is 0.298. The molecule has 0 aromatic heterocycles. The number of nitrogens with two attached hydrogens (primary N) is 3. The minimum absolute atomic E-state index is 0. The summed E-state index contributed by atoms with van der Waals surface area (Å²) >= 11 is 0. The molecule has 1 heterocycles. The van der Waals surface area contributed by atoms with Gasteiger partial charge in [0.25, 0.3) is 0 Å². The summed E-state index contributed by atoms with van der Waals surface area (Å²) in [6.07, 6.45) is 0.722. The third-order valence-electron chi connectivity index (χ3n) is 5.24. The molecule has 0 unspecified atom stereocenters. The Labute approximate surface area is 160 Å². The predicted octanol–water partition coefficient (Wildman–Crippen LogP) is -3.96. The fourth-order valence-corrected chi connectivity index (χ4v) is 3.64. The van der Waals surface area contributed by atoms with Gasteiger partial charge in [-0.25, -0.2) is 0 Å². The highest BCUT2D eigenvalue weighted by molar-refractivity contribution is 5.78. The van der Waals surface area contributed by atoms with Crippen LogP contribution in [0.4, 0.5) is 0 Å². The van der Waals surface area contributed by atoms with Crippen LogP contribution in [0.5, 0.6) is 0 Å². The summed E-state index contributed by atoms with van der Waals surface area (Å²) in [4.78, 5) is 13.4. The van der Waals surface area contributed by atoms with E-state index in [9.17, 15) is 9.90 Å². The van der Waals surface area contributed by atoms with Crippen molar-refractivity contribution in [2.75, 3.05) is 27.2 Å². The van der Waals surface area contributed by atoms with Gasteiger partial charge in [-0.3, -0.25) is 4.79 Å². The van der Waals surface area contributed by atoms with E-state index >= 15 is 0 Å². The van der Waals surface area contributed by atoms with Crippen molar-refractivity contribution in [3.05, 3.63) is 0 Å². The van der Waals surface area contributed by atoms with Crippen LogP contribution >= 0.6 is 0 Å². The molecule has 11 nitrogen and oxygen atoms in total. The van der Waals surface area contributed by atoms with E-state index in [1.165, 1.54) is 4.90 Å². The number of rotatable bonds is 6. The Morgan fingerprint density at radius 3 is 2.44 bits per heavy atom. The molecule has 1 amide bonds. The zero-order valence-corrected chi connectivity index (χ0v) is 16.1. The van der Waals surface area contributed by atoms with Crippen molar-refractivity contribution >= 4 is 5.91 Å². The van der Waals surface area contributed by atoms with E-state index in [0.717, 1.165) is 12.8 Å². The largest absolute Gasteiger partial charge is 0.412 e. The minimum Gasteiger partial charge on any atom is -0.412 e. The molecule has 2 rings (SSSR count). The fraction of sp³-hybridized carbons (Fsp3) is 0.938. The van der Waals surface area contributed by atoms with Gasteiger partial charge in [-0.1, -0.05) is 0 Å². The molecule has 1 saturated heterocycles. The highest BCUT2D eigenvalue weighted by atomic mass is 16.7. The van der Waals surface area contributed by atoms with Crippen molar-refractivity contribution in [1.82, 2.24) is 10.2 Å². The molecular weight excluding hydrogens is 358 g/mol. The lowest BCUT2D eigenvalue weighted by Crippen LogP contribution is -2.62. The molecule has 0 aromatic rings. The van der Waals surface area contributed by atoms with Crippen LogP contribution in [-0.4, -0.2) is 96.8 Å². The smallest absolute Gasteiger partial charge is 0.236 e. The average molecular weight is 396 g/mol. The van der Waals surface area contributed by atoms with Crippen molar-refractivity contribution in [2.45, 2.75) is 68.4 Å². The van der Waals surface area contributed by atoms with Gasteiger partial charge in [0.2, 0.25) is 5.91 Å². The number of aliphatic hydroxyl groups is 1. The van der Waals surface area contributed by atoms with Crippen LogP contribution in [0.3, 0.4) is 0 Å². The van der Waals surface area contributed by atoms with Crippen molar-refractivity contribution in [2.24, 2.45) is 17.2 Å². The zero-order chi connectivity index (χ0) is 18.6. The number of carbonyl (C=O) groups excluding carboxylic acids is 1. The monoisotopic (exact) mass is 395 g/mol. The fourth-order valence-electron chi connectivity index (χ4n) is 3.64. The van der Waals surface area contributed by atoms with Gasteiger partial charge >= 0.3 is 0 Å². The number of likely N-dealkylation sites (N-methyl/N-ethyl adjacent to an activating group) is 2. The molecule has 2 fully saturated rings. The first kappa shape index (κ1) is 26.1. The second kappa shape index (κ2) is 11.8. The lowest BCUT2D eigenvalue weighted by atomic mass is 9.85. The van der Waals surface area contributed by atoms with Crippen molar-refractivity contribution in [3.8, 4) is 0 Å². The topological polar surface area (TPSA) is 212 Å². The Morgan fingerprint density at radius 2 is 1.85 bits per heavy atom. The van der Waals surface area contributed by atoms with E-state index in [1.54, 1.807) is 7.05 Å². The lowest BCUT2D eigenvalue weighted by molar-refractivity contribution is -0.247. The van der Waals surface area contributed by atoms with Gasteiger partial charge in [0, 0.05) is 19.6 Å². The van der Waals surface area contributed by atoms with Gasteiger partial charge in [0.15, 0.2) is 6.29 Å². The third kappa shape index (κ3) is 6.31. The van der Waals surface area contributed by atoms with Crippen LogP contribution in [0.25, 0.3) is 0 Å². The van der Waals surface area contributed by atoms with Gasteiger partial charge in [-0.05, 0) is 32.7 Å². The van der Waals surface area contributed by atoms with Gasteiger partial charge in [0.05, 0.1) is 24.7 Å². The van der Waals surface area contributed by atoms with E-state index in [4.69, 9.17) is 26.7 Å². The SMILES string of the molecule is CNC[C@@H]1CC[C@@H](N)[C@@H](O[C@H]2[C@H](O)[C@H](N(C)C(=O)CN)CC[C@H]2N)O1.O.O. The first-order chi connectivity index (χ1) is 11.9. The molecule has 11 heteroatoms. The van der Waals surface area contributed by atoms with Crippen LogP contribution in [0.2, 0.25) is 0 Å². The van der Waals surface area contributed by atoms with E-state index in [1.807, 2.05) is 7.05 Å². The van der Waals surface area contributed by atoms with Crippen LogP contribution in [0.1, 0.15) is 25.7 Å². The molecule has 0 spiro atoms.